The van der Waals surface area contributed by atoms with Crippen LogP contribution in [-0.2, 0) is 4.79 Å². The maximum atomic E-state index is 10.4. The zero-order chi connectivity index (χ0) is 10.6. The lowest BCUT2D eigenvalue weighted by molar-refractivity contribution is -0.131. The fourth-order valence-electron chi connectivity index (χ4n) is 1.28. The molecule has 0 radical (unpaired) electrons. The summed E-state index contributed by atoms with van der Waals surface area (Å²) in [7, 11) is 3.81. The molecule has 1 heterocycles. The quantitative estimate of drug-likeness (QED) is 0.709. The average molecular weight is 194 g/mol. The Labute approximate surface area is 82.9 Å². The van der Waals surface area contributed by atoms with E-state index >= 15 is 0 Å². The van der Waals surface area contributed by atoms with Crippen molar-refractivity contribution in [1.29, 1.82) is 0 Å². The molecule has 1 rings (SSSR count). The molecule has 1 atom stereocenters. The highest BCUT2D eigenvalue weighted by atomic mass is 16.4. The van der Waals surface area contributed by atoms with E-state index in [1.54, 1.807) is 6.08 Å². The third-order valence-electron chi connectivity index (χ3n) is 1.94. The highest BCUT2D eigenvalue weighted by molar-refractivity contribution is 5.79. The first kappa shape index (κ1) is 10.5. The first-order chi connectivity index (χ1) is 6.61. The number of rotatable bonds is 4. The molecule has 0 fully saturated rings. The molecule has 1 aromatic heterocycles. The molecule has 1 aromatic rings. The molecule has 4 nitrogen and oxygen atoms in total. The molecule has 0 aromatic carbocycles. The summed E-state index contributed by atoms with van der Waals surface area (Å²) < 4.78 is 0. The van der Waals surface area contributed by atoms with Gasteiger partial charge < -0.3 is 10.1 Å². The number of carboxylic acid groups (broad SMARTS) is 1. The Hall–Kier alpha value is -1.55. The van der Waals surface area contributed by atoms with Crippen molar-refractivity contribution < 1.29 is 9.90 Å². The largest absolute Gasteiger partial charge is 0.478 e. The van der Waals surface area contributed by atoms with Crippen LogP contribution in [0.2, 0.25) is 0 Å². The molecule has 0 aliphatic carbocycles. The van der Waals surface area contributed by atoms with Gasteiger partial charge in [0.2, 0.25) is 0 Å². The molecule has 4 heteroatoms. The minimum absolute atomic E-state index is 0.00245. The average Bonchev–Trinajstić information content (AvgIpc) is 2.56. The predicted octanol–water partition coefficient (Wildman–Crippen LogP) is 1.26. The molecule has 0 aliphatic heterocycles. The second kappa shape index (κ2) is 4.62. The number of hydrogen-bond donors (Lipinski definition) is 2. The number of carbonyl (C=O) groups is 1. The lowest BCUT2D eigenvalue weighted by Gasteiger charge is -2.19. The maximum Gasteiger partial charge on any atom is 0.328 e. The molecule has 1 unspecified atom stereocenters. The molecule has 0 saturated carbocycles. The van der Waals surface area contributed by atoms with Crippen LogP contribution in [0.5, 0.6) is 0 Å². The van der Waals surface area contributed by atoms with Crippen LogP contribution in [0.15, 0.2) is 30.6 Å². The minimum Gasteiger partial charge on any atom is -0.478 e. The summed E-state index contributed by atoms with van der Waals surface area (Å²) in [6.45, 7) is 0. The van der Waals surface area contributed by atoms with Gasteiger partial charge in [-0.3, -0.25) is 4.90 Å². The molecule has 0 amide bonds. The third kappa shape index (κ3) is 2.74. The van der Waals surface area contributed by atoms with Crippen LogP contribution in [-0.4, -0.2) is 35.1 Å². The third-order valence-corrected chi connectivity index (χ3v) is 1.94. The summed E-state index contributed by atoms with van der Waals surface area (Å²) in [5.41, 5.74) is 1.05. The number of H-pyrrole nitrogens is 1. The second-order valence-electron chi connectivity index (χ2n) is 3.25. The molecule has 0 saturated heterocycles. The molecular formula is C10H14N2O2. The lowest BCUT2D eigenvalue weighted by atomic mass is 10.1. The van der Waals surface area contributed by atoms with Crippen molar-refractivity contribution >= 4 is 5.97 Å². The van der Waals surface area contributed by atoms with E-state index in [4.69, 9.17) is 5.11 Å². The number of nitrogens with one attached hydrogen (secondary N) is 1. The van der Waals surface area contributed by atoms with E-state index in [9.17, 15) is 4.79 Å². The van der Waals surface area contributed by atoms with Gasteiger partial charge in [-0.05, 0) is 25.7 Å². The van der Waals surface area contributed by atoms with Gasteiger partial charge in [0.05, 0.1) is 6.04 Å². The van der Waals surface area contributed by atoms with Crippen LogP contribution >= 0.6 is 0 Å². The Balaban J connectivity index is 2.81. The predicted molar refractivity (Wildman–Crippen MR) is 54.0 cm³/mol. The molecule has 14 heavy (non-hydrogen) atoms. The normalized spacial score (nSPS) is 13.6. The van der Waals surface area contributed by atoms with Crippen LogP contribution in [0.1, 0.15) is 11.6 Å². The fourth-order valence-corrected chi connectivity index (χ4v) is 1.28. The zero-order valence-corrected chi connectivity index (χ0v) is 8.27. The van der Waals surface area contributed by atoms with E-state index in [0.717, 1.165) is 11.6 Å². The van der Waals surface area contributed by atoms with Gasteiger partial charge in [0.15, 0.2) is 0 Å². The summed E-state index contributed by atoms with van der Waals surface area (Å²) in [6.07, 6.45) is 6.50. The van der Waals surface area contributed by atoms with Gasteiger partial charge in [-0.2, -0.15) is 0 Å². The molecule has 0 spiro atoms. The van der Waals surface area contributed by atoms with Gasteiger partial charge in [-0.15, -0.1) is 0 Å². The van der Waals surface area contributed by atoms with Crippen LogP contribution in [0.25, 0.3) is 0 Å². The lowest BCUT2D eigenvalue weighted by Crippen LogP contribution is -2.17. The molecule has 76 valence electrons. The van der Waals surface area contributed by atoms with Gasteiger partial charge in [0, 0.05) is 18.5 Å². The van der Waals surface area contributed by atoms with Crippen molar-refractivity contribution in [3.63, 3.8) is 0 Å². The van der Waals surface area contributed by atoms with Crippen LogP contribution < -0.4 is 0 Å². The van der Waals surface area contributed by atoms with Crippen LogP contribution in [0, 0.1) is 0 Å². The Morgan fingerprint density at radius 1 is 1.64 bits per heavy atom. The zero-order valence-electron chi connectivity index (χ0n) is 8.27. The van der Waals surface area contributed by atoms with Crippen molar-refractivity contribution in [1.82, 2.24) is 9.88 Å². The van der Waals surface area contributed by atoms with E-state index in [1.807, 2.05) is 37.5 Å². The minimum atomic E-state index is -0.924. The number of likely N-dealkylation sites (N-methyl/N-ethyl adjacent to an activating group) is 1. The summed E-state index contributed by atoms with van der Waals surface area (Å²) >= 11 is 0. The Morgan fingerprint density at radius 3 is 2.79 bits per heavy atom. The van der Waals surface area contributed by atoms with Gasteiger partial charge in [0.25, 0.3) is 0 Å². The molecule has 2 N–H and O–H groups in total. The Kier molecular flexibility index (Phi) is 3.48. The number of aromatic nitrogens is 1. The Morgan fingerprint density at radius 2 is 2.36 bits per heavy atom. The fraction of sp³-hybridized carbons (Fsp3) is 0.300. The van der Waals surface area contributed by atoms with Crippen molar-refractivity contribution in [3.8, 4) is 0 Å². The van der Waals surface area contributed by atoms with Crippen LogP contribution in [0.3, 0.4) is 0 Å². The van der Waals surface area contributed by atoms with Crippen molar-refractivity contribution in [2.45, 2.75) is 6.04 Å². The number of aliphatic carboxylic acids is 1. The number of carboxylic acids is 1. The SMILES string of the molecule is CN(C)C(/C=C/C(=O)O)c1cc[nH]c1. The summed E-state index contributed by atoms with van der Waals surface area (Å²) in [6, 6.07) is 1.92. The van der Waals surface area contributed by atoms with Crippen LogP contribution in [0.4, 0.5) is 0 Å². The maximum absolute atomic E-state index is 10.4. The highest BCUT2D eigenvalue weighted by Crippen LogP contribution is 2.18. The smallest absolute Gasteiger partial charge is 0.328 e. The van der Waals surface area contributed by atoms with Crippen molar-refractivity contribution in [2.75, 3.05) is 14.1 Å². The van der Waals surface area contributed by atoms with E-state index in [-0.39, 0.29) is 6.04 Å². The van der Waals surface area contributed by atoms with Crippen molar-refractivity contribution in [2.24, 2.45) is 0 Å². The van der Waals surface area contributed by atoms with Gasteiger partial charge in [0.1, 0.15) is 0 Å². The van der Waals surface area contributed by atoms with E-state index < -0.39 is 5.97 Å². The monoisotopic (exact) mass is 194 g/mol. The van der Waals surface area contributed by atoms with Crippen molar-refractivity contribution in [3.05, 3.63) is 36.2 Å². The number of nitrogens with zero attached hydrogens (tertiary/aromatic N) is 1. The van der Waals surface area contributed by atoms with Gasteiger partial charge in [-0.1, -0.05) is 6.08 Å². The highest BCUT2D eigenvalue weighted by Gasteiger charge is 2.10. The van der Waals surface area contributed by atoms with E-state index in [2.05, 4.69) is 4.98 Å². The Bertz CT molecular complexity index is 315. The van der Waals surface area contributed by atoms with Gasteiger partial charge in [-0.25, -0.2) is 4.79 Å². The number of aromatic amines is 1. The van der Waals surface area contributed by atoms with E-state index in [0.29, 0.717) is 0 Å². The molecule has 0 aliphatic rings. The first-order valence-electron chi connectivity index (χ1n) is 4.31. The second-order valence-corrected chi connectivity index (χ2v) is 3.25. The molecular weight excluding hydrogens is 180 g/mol. The topological polar surface area (TPSA) is 56.3 Å². The van der Waals surface area contributed by atoms with Gasteiger partial charge >= 0.3 is 5.97 Å². The summed E-state index contributed by atoms with van der Waals surface area (Å²) in [5, 5.41) is 8.53. The number of hydrogen-bond acceptors (Lipinski definition) is 2. The standard InChI is InChI=1S/C10H14N2O2/c1-12(2)9(3-4-10(13)14)8-5-6-11-7-8/h3-7,9,11H,1-2H3,(H,13,14)/b4-3+. The molecule has 0 bridgehead atoms. The summed E-state index contributed by atoms with van der Waals surface area (Å²) in [5.74, 6) is -0.924. The first-order valence-corrected chi connectivity index (χ1v) is 4.31. The summed E-state index contributed by atoms with van der Waals surface area (Å²) in [4.78, 5) is 15.3. The van der Waals surface area contributed by atoms with E-state index in [1.165, 1.54) is 0 Å².